The van der Waals surface area contributed by atoms with E-state index < -0.39 is 23.7 Å². The molecule has 3 nitrogen and oxygen atoms in total. The number of fused-ring (bicyclic) bond motifs is 1. The standard InChI is InChI=1S/C9H12F2O2.C7H6BrN/c1-5-2-6-4-13-8(12)7(6)3-9(5,10)11;1-2-7-4-3-6(8)5-9-7/h5-7H,2-4H2,1H3;2-5H,1H2. The molecular weight excluding hydrogens is 356 g/mol. The van der Waals surface area contributed by atoms with Crippen molar-refractivity contribution in [3.8, 4) is 0 Å². The molecule has 6 heteroatoms. The Morgan fingerprint density at radius 3 is 2.82 bits per heavy atom. The Morgan fingerprint density at radius 2 is 2.23 bits per heavy atom. The van der Waals surface area contributed by atoms with Crippen molar-refractivity contribution in [2.75, 3.05) is 6.61 Å². The van der Waals surface area contributed by atoms with E-state index in [-0.39, 0.29) is 12.3 Å². The second kappa shape index (κ2) is 6.86. The topological polar surface area (TPSA) is 39.2 Å². The lowest BCUT2D eigenvalue weighted by atomic mass is 9.74. The van der Waals surface area contributed by atoms with E-state index in [1.165, 1.54) is 0 Å². The third kappa shape index (κ3) is 3.91. The number of hydrogen-bond acceptors (Lipinski definition) is 3. The Bertz CT molecular complexity index is 548. The van der Waals surface area contributed by atoms with Crippen LogP contribution in [0.4, 0.5) is 8.78 Å². The number of rotatable bonds is 1. The van der Waals surface area contributed by atoms with Gasteiger partial charge in [-0.15, -0.1) is 0 Å². The second-order valence-corrected chi connectivity index (χ2v) is 6.62. The molecule has 1 aliphatic heterocycles. The quantitative estimate of drug-likeness (QED) is 0.687. The number of halogens is 3. The molecule has 2 aliphatic rings. The van der Waals surface area contributed by atoms with Gasteiger partial charge in [0.1, 0.15) is 0 Å². The van der Waals surface area contributed by atoms with Gasteiger partial charge >= 0.3 is 5.97 Å². The maximum absolute atomic E-state index is 13.2. The Kier molecular flexibility index (Phi) is 5.32. The molecule has 22 heavy (non-hydrogen) atoms. The monoisotopic (exact) mass is 373 g/mol. The molecule has 1 aliphatic carbocycles. The SMILES string of the molecule is C=Cc1ccc(Br)cn1.CC1CC2COC(=O)C2CC1(F)F. The van der Waals surface area contributed by atoms with E-state index in [2.05, 4.69) is 27.5 Å². The lowest BCUT2D eigenvalue weighted by Crippen LogP contribution is -2.39. The first-order valence-electron chi connectivity index (χ1n) is 7.12. The van der Waals surface area contributed by atoms with Gasteiger partial charge in [-0.25, -0.2) is 8.78 Å². The fraction of sp³-hybridized carbons (Fsp3) is 0.500. The Morgan fingerprint density at radius 1 is 1.50 bits per heavy atom. The number of carbonyl (C=O) groups excluding carboxylic acids is 1. The first kappa shape index (κ1) is 17.1. The molecule has 3 atom stereocenters. The van der Waals surface area contributed by atoms with Crippen LogP contribution in [0.3, 0.4) is 0 Å². The first-order chi connectivity index (χ1) is 10.3. The molecule has 0 bridgehead atoms. The minimum atomic E-state index is -2.69. The van der Waals surface area contributed by atoms with Crippen molar-refractivity contribution in [3.63, 3.8) is 0 Å². The van der Waals surface area contributed by atoms with E-state index in [1.54, 1.807) is 19.2 Å². The van der Waals surface area contributed by atoms with Gasteiger partial charge in [-0.3, -0.25) is 9.78 Å². The normalized spacial score (nSPS) is 28.9. The number of ether oxygens (including phenoxy) is 1. The van der Waals surface area contributed by atoms with Crippen LogP contribution < -0.4 is 0 Å². The van der Waals surface area contributed by atoms with Crippen LogP contribution in [0.2, 0.25) is 0 Å². The number of alkyl halides is 2. The number of aromatic nitrogens is 1. The smallest absolute Gasteiger partial charge is 0.309 e. The molecule has 0 amide bonds. The summed E-state index contributed by atoms with van der Waals surface area (Å²) in [6, 6.07) is 3.83. The Hall–Kier alpha value is -1.30. The van der Waals surface area contributed by atoms with Gasteiger partial charge in [-0.1, -0.05) is 13.5 Å². The van der Waals surface area contributed by atoms with Gasteiger partial charge in [0.15, 0.2) is 0 Å². The van der Waals surface area contributed by atoms with E-state index in [0.29, 0.717) is 13.0 Å². The van der Waals surface area contributed by atoms with Crippen LogP contribution in [-0.2, 0) is 9.53 Å². The average molecular weight is 374 g/mol. The van der Waals surface area contributed by atoms with Gasteiger partial charge in [0, 0.05) is 28.9 Å². The van der Waals surface area contributed by atoms with Gasteiger partial charge in [0.05, 0.1) is 18.2 Å². The predicted molar refractivity (Wildman–Crippen MR) is 83.3 cm³/mol. The molecule has 1 saturated carbocycles. The van der Waals surface area contributed by atoms with Crippen molar-refractivity contribution in [1.29, 1.82) is 0 Å². The number of nitrogens with zero attached hydrogens (tertiary/aromatic N) is 1. The number of esters is 1. The number of pyridine rings is 1. The van der Waals surface area contributed by atoms with E-state index in [1.807, 2.05) is 12.1 Å². The van der Waals surface area contributed by atoms with E-state index >= 15 is 0 Å². The molecule has 3 rings (SSSR count). The highest BCUT2D eigenvalue weighted by atomic mass is 79.9. The maximum atomic E-state index is 13.2. The van der Waals surface area contributed by atoms with Crippen LogP contribution in [0.1, 0.15) is 25.5 Å². The number of hydrogen-bond donors (Lipinski definition) is 0. The van der Waals surface area contributed by atoms with E-state index in [4.69, 9.17) is 4.74 Å². The molecule has 1 saturated heterocycles. The molecule has 1 aromatic rings. The minimum Gasteiger partial charge on any atom is -0.465 e. The molecule has 0 radical (unpaired) electrons. The highest BCUT2D eigenvalue weighted by Gasteiger charge is 2.52. The largest absolute Gasteiger partial charge is 0.465 e. The van der Waals surface area contributed by atoms with Gasteiger partial charge in [0.2, 0.25) is 0 Å². The van der Waals surface area contributed by atoms with Gasteiger partial charge in [0.25, 0.3) is 5.92 Å². The van der Waals surface area contributed by atoms with Crippen LogP contribution in [0.5, 0.6) is 0 Å². The van der Waals surface area contributed by atoms with E-state index in [0.717, 1.165) is 10.2 Å². The van der Waals surface area contributed by atoms with Crippen molar-refractivity contribution < 1.29 is 18.3 Å². The van der Waals surface area contributed by atoms with Crippen molar-refractivity contribution in [2.24, 2.45) is 17.8 Å². The average Bonchev–Trinajstić information content (AvgIpc) is 2.81. The predicted octanol–water partition coefficient (Wildman–Crippen LogP) is 4.33. The lowest BCUT2D eigenvalue weighted by molar-refractivity contribution is -0.148. The third-order valence-electron chi connectivity index (χ3n) is 4.14. The van der Waals surface area contributed by atoms with Gasteiger partial charge in [-0.05, 0) is 40.6 Å². The van der Waals surface area contributed by atoms with Gasteiger partial charge < -0.3 is 4.74 Å². The molecule has 1 aromatic heterocycles. The maximum Gasteiger partial charge on any atom is 0.309 e. The summed E-state index contributed by atoms with van der Waals surface area (Å²) in [5.41, 5.74) is 0.901. The van der Waals surface area contributed by atoms with Gasteiger partial charge in [-0.2, -0.15) is 0 Å². The summed E-state index contributed by atoms with van der Waals surface area (Å²) in [5.74, 6) is -4.27. The lowest BCUT2D eigenvalue weighted by Gasteiger charge is -2.33. The number of carbonyl (C=O) groups is 1. The Balaban J connectivity index is 0.000000172. The van der Waals surface area contributed by atoms with Crippen molar-refractivity contribution in [1.82, 2.24) is 4.98 Å². The summed E-state index contributed by atoms with van der Waals surface area (Å²) >= 11 is 3.28. The van der Waals surface area contributed by atoms with Crippen LogP contribution >= 0.6 is 15.9 Å². The zero-order valence-corrected chi connectivity index (χ0v) is 13.9. The molecule has 2 heterocycles. The number of cyclic esters (lactones) is 1. The fourth-order valence-electron chi connectivity index (χ4n) is 2.72. The minimum absolute atomic E-state index is 0.0297. The highest BCUT2D eigenvalue weighted by molar-refractivity contribution is 9.10. The molecule has 3 unspecified atom stereocenters. The highest BCUT2D eigenvalue weighted by Crippen LogP contribution is 2.46. The van der Waals surface area contributed by atoms with Crippen molar-refractivity contribution >= 4 is 28.0 Å². The van der Waals surface area contributed by atoms with E-state index in [9.17, 15) is 13.6 Å². The molecule has 0 aromatic carbocycles. The zero-order valence-electron chi connectivity index (χ0n) is 12.3. The van der Waals surface area contributed by atoms with Crippen molar-refractivity contribution in [2.45, 2.75) is 25.7 Å². The second-order valence-electron chi connectivity index (χ2n) is 5.70. The summed E-state index contributed by atoms with van der Waals surface area (Å²) in [6.07, 6.45) is 3.55. The Labute approximate surface area is 136 Å². The fourth-order valence-corrected chi connectivity index (χ4v) is 2.95. The summed E-state index contributed by atoms with van der Waals surface area (Å²) in [4.78, 5) is 15.1. The molecule has 120 valence electrons. The summed E-state index contributed by atoms with van der Waals surface area (Å²) in [5, 5.41) is 0. The van der Waals surface area contributed by atoms with Crippen LogP contribution in [0, 0.1) is 17.8 Å². The zero-order chi connectivity index (χ0) is 16.3. The van der Waals surface area contributed by atoms with Crippen LogP contribution in [0.25, 0.3) is 6.08 Å². The molecular formula is C16H18BrF2NO2. The summed E-state index contributed by atoms with van der Waals surface area (Å²) < 4.78 is 32.2. The van der Waals surface area contributed by atoms with Crippen molar-refractivity contribution in [3.05, 3.63) is 35.1 Å². The molecule has 2 fully saturated rings. The molecule has 0 spiro atoms. The van der Waals surface area contributed by atoms with Crippen LogP contribution in [0.15, 0.2) is 29.4 Å². The third-order valence-corrected chi connectivity index (χ3v) is 4.61. The molecule has 0 N–H and O–H groups in total. The summed E-state index contributed by atoms with van der Waals surface area (Å²) in [7, 11) is 0. The summed E-state index contributed by atoms with van der Waals surface area (Å²) in [6.45, 7) is 5.46. The first-order valence-corrected chi connectivity index (χ1v) is 7.91. The van der Waals surface area contributed by atoms with Crippen LogP contribution in [-0.4, -0.2) is 23.5 Å².